The van der Waals surface area contributed by atoms with Crippen molar-refractivity contribution >= 4 is 17.5 Å². The Labute approximate surface area is 178 Å². The van der Waals surface area contributed by atoms with E-state index >= 15 is 0 Å². The highest BCUT2D eigenvalue weighted by Crippen LogP contribution is 2.40. The van der Waals surface area contributed by atoms with Crippen molar-refractivity contribution in [2.45, 2.75) is 37.4 Å². The van der Waals surface area contributed by atoms with Gasteiger partial charge in [-0.25, -0.2) is 19.1 Å². The molecule has 1 saturated heterocycles. The molecule has 3 aromatic rings. The van der Waals surface area contributed by atoms with Gasteiger partial charge in [0.25, 0.3) is 0 Å². The average molecular weight is 447 g/mol. The molecule has 14 nitrogen and oxygen atoms in total. The van der Waals surface area contributed by atoms with Gasteiger partial charge in [0.2, 0.25) is 5.60 Å². The highest BCUT2D eigenvalue weighted by atomic mass is 16.7. The second kappa shape index (κ2) is 7.96. The van der Waals surface area contributed by atoms with Crippen LogP contribution in [0.1, 0.15) is 17.2 Å². The van der Waals surface area contributed by atoms with Crippen molar-refractivity contribution < 1.29 is 38.1 Å². The number of aryl methyl sites for hydroxylation is 1. The zero-order valence-electron chi connectivity index (χ0n) is 16.5. The van der Waals surface area contributed by atoms with Crippen molar-refractivity contribution in [1.29, 1.82) is 5.26 Å². The number of anilines is 1. The number of hydrogen-bond donors (Lipinski definition) is 3. The fraction of sp³-hybridized carbons (Fsp3) is 0.389. The number of nitrogens with two attached hydrogens (primary N) is 1. The van der Waals surface area contributed by atoms with Crippen LogP contribution in [0, 0.1) is 18.3 Å². The molecule has 1 aliphatic rings. The predicted molar refractivity (Wildman–Crippen MR) is 99.7 cm³/mol. The van der Waals surface area contributed by atoms with Gasteiger partial charge in [-0.2, -0.15) is 10.4 Å². The topological polar surface area (TPSA) is 209 Å². The van der Waals surface area contributed by atoms with Gasteiger partial charge in [-0.05, 0) is 19.1 Å². The van der Waals surface area contributed by atoms with Crippen molar-refractivity contribution in [3.8, 4) is 6.07 Å². The van der Waals surface area contributed by atoms with Gasteiger partial charge in [0.15, 0.2) is 23.9 Å². The largest absolute Gasteiger partial charge is 0.519 e. The summed E-state index contributed by atoms with van der Waals surface area (Å²) in [5.41, 5.74) is 4.24. The Bertz CT molecular complexity index is 1260. The predicted octanol–water partition coefficient (Wildman–Crippen LogP) is -0.641. The summed E-state index contributed by atoms with van der Waals surface area (Å²) in [5.74, 6) is -0.657. The highest BCUT2D eigenvalue weighted by Gasteiger charge is 2.57. The molecule has 3 aromatic heterocycles. The van der Waals surface area contributed by atoms with Crippen LogP contribution in [0.4, 0.5) is 10.6 Å². The van der Waals surface area contributed by atoms with Crippen molar-refractivity contribution in [3.63, 3.8) is 0 Å². The maximum absolute atomic E-state index is 11.9. The molecule has 0 unspecified atom stereocenters. The minimum Gasteiger partial charge on any atom is -0.431 e. The molecular formula is C18H17N5O9. The van der Waals surface area contributed by atoms with E-state index in [-0.39, 0.29) is 23.0 Å². The van der Waals surface area contributed by atoms with Gasteiger partial charge in [-0.3, -0.25) is 0 Å². The first kappa shape index (κ1) is 21.3. The first-order chi connectivity index (χ1) is 15.3. The van der Waals surface area contributed by atoms with Gasteiger partial charge in [0.05, 0.1) is 5.69 Å². The van der Waals surface area contributed by atoms with Gasteiger partial charge in [0.1, 0.15) is 42.8 Å². The Morgan fingerprint density at radius 2 is 2.16 bits per heavy atom. The van der Waals surface area contributed by atoms with E-state index < -0.39 is 49.1 Å². The van der Waals surface area contributed by atoms with Crippen molar-refractivity contribution in [2.24, 2.45) is 0 Å². The summed E-state index contributed by atoms with van der Waals surface area (Å²) in [7, 11) is 0. The number of carbonyl (C=O) groups is 1. The quantitative estimate of drug-likeness (QED) is 0.416. The minimum absolute atomic E-state index is 0.00407. The zero-order valence-corrected chi connectivity index (χ0v) is 16.5. The Hall–Kier alpha value is -3.93. The summed E-state index contributed by atoms with van der Waals surface area (Å²) in [5, 5.41) is 34.9. The number of nitriles is 1. The highest BCUT2D eigenvalue weighted by molar-refractivity contribution is 5.66. The molecule has 0 amide bonds. The molecule has 32 heavy (non-hydrogen) atoms. The van der Waals surface area contributed by atoms with Crippen LogP contribution >= 0.6 is 0 Å². The molecule has 168 valence electrons. The van der Waals surface area contributed by atoms with Crippen LogP contribution in [0.15, 0.2) is 32.1 Å². The Morgan fingerprint density at radius 3 is 2.84 bits per heavy atom. The lowest BCUT2D eigenvalue weighted by molar-refractivity contribution is -0.0728. The van der Waals surface area contributed by atoms with E-state index in [0.29, 0.717) is 5.52 Å². The number of nitrogen functional groups attached to an aromatic ring is 1. The normalized spacial score (nSPS) is 25.0. The van der Waals surface area contributed by atoms with Crippen LogP contribution < -0.4 is 11.6 Å². The monoisotopic (exact) mass is 447 g/mol. The standard InChI is InChI=1S/C18H17N5O9/c1-8-10(31-17(27)30-8)4-28-16(26)29-5-11-13(24)14(25)18(6-19,32-11)12-3-2-9-15(20)21-7-22-23(9)12/h2-3,7,11,13-14,24-25H,4-5H2,1H3,(H2,20,21,22)/t11-,13-,14-,18+/m1/s1. The Kier molecular flexibility index (Phi) is 5.30. The summed E-state index contributed by atoms with van der Waals surface area (Å²) >= 11 is 0. The van der Waals surface area contributed by atoms with E-state index in [9.17, 15) is 25.1 Å². The fourth-order valence-corrected chi connectivity index (χ4v) is 3.37. The number of aliphatic hydroxyl groups is 2. The number of aromatic nitrogens is 3. The molecule has 14 heteroatoms. The number of rotatable bonds is 5. The Morgan fingerprint density at radius 1 is 1.38 bits per heavy atom. The molecule has 4 rings (SSSR count). The SMILES string of the molecule is Cc1oc(=O)oc1COC(=O)OC[C@H]1O[C@@](C#N)(c2ccc3c(N)ncnn23)[C@H](O)[C@@H]1O. The summed E-state index contributed by atoms with van der Waals surface area (Å²) < 4.78 is 26.0. The molecule has 0 bridgehead atoms. The van der Waals surface area contributed by atoms with Gasteiger partial charge in [-0.1, -0.05) is 0 Å². The van der Waals surface area contributed by atoms with Crippen molar-refractivity contribution in [2.75, 3.05) is 12.3 Å². The van der Waals surface area contributed by atoms with E-state index in [1.165, 1.54) is 23.6 Å². The van der Waals surface area contributed by atoms with Gasteiger partial charge in [-0.15, -0.1) is 0 Å². The van der Waals surface area contributed by atoms with E-state index in [2.05, 4.69) is 14.5 Å². The second-order valence-corrected chi connectivity index (χ2v) is 6.88. The van der Waals surface area contributed by atoms with E-state index in [4.69, 9.17) is 24.4 Å². The molecule has 4 N–H and O–H groups in total. The van der Waals surface area contributed by atoms with Crippen molar-refractivity contribution in [1.82, 2.24) is 14.6 Å². The van der Waals surface area contributed by atoms with Crippen LogP contribution in [0.3, 0.4) is 0 Å². The molecule has 0 aromatic carbocycles. The minimum atomic E-state index is -2.03. The lowest BCUT2D eigenvalue weighted by atomic mass is 9.92. The van der Waals surface area contributed by atoms with Crippen molar-refractivity contribution in [3.05, 3.63) is 46.3 Å². The molecule has 0 radical (unpaired) electrons. The van der Waals surface area contributed by atoms with Gasteiger partial charge >= 0.3 is 12.0 Å². The third kappa shape index (κ3) is 3.43. The number of hydrogen-bond acceptors (Lipinski definition) is 13. The van der Waals surface area contributed by atoms with Gasteiger partial charge < -0.3 is 39.0 Å². The smallest absolute Gasteiger partial charge is 0.431 e. The number of fused-ring (bicyclic) bond motifs is 1. The van der Waals surface area contributed by atoms with Crippen LogP contribution in [0.5, 0.6) is 0 Å². The zero-order chi connectivity index (χ0) is 23.0. The lowest BCUT2D eigenvalue weighted by Crippen LogP contribution is -2.41. The molecule has 4 atom stereocenters. The number of nitrogens with zero attached hydrogens (tertiary/aromatic N) is 4. The van der Waals surface area contributed by atoms with Crippen LogP contribution in [-0.4, -0.2) is 55.9 Å². The molecule has 1 fully saturated rings. The van der Waals surface area contributed by atoms with E-state index in [0.717, 1.165) is 6.33 Å². The summed E-state index contributed by atoms with van der Waals surface area (Å²) in [6, 6.07) is 4.85. The number of ether oxygens (including phenoxy) is 3. The first-order valence-electron chi connectivity index (χ1n) is 9.19. The molecule has 0 spiro atoms. The van der Waals surface area contributed by atoms with Crippen LogP contribution in [0.2, 0.25) is 0 Å². The molecule has 4 heterocycles. The van der Waals surface area contributed by atoms with E-state index in [1.807, 2.05) is 6.07 Å². The maximum Gasteiger partial charge on any atom is 0.519 e. The number of carbonyl (C=O) groups excluding carboxylic acids is 1. The molecule has 0 aliphatic carbocycles. The molecular weight excluding hydrogens is 430 g/mol. The molecule has 1 aliphatic heterocycles. The number of aliphatic hydroxyl groups excluding tert-OH is 2. The third-order valence-electron chi connectivity index (χ3n) is 5.01. The Balaban J connectivity index is 1.46. The van der Waals surface area contributed by atoms with Crippen LogP contribution in [0.25, 0.3) is 5.52 Å². The second-order valence-electron chi connectivity index (χ2n) is 6.88. The van der Waals surface area contributed by atoms with E-state index in [1.54, 1.807) is 0 Å². The summed E-state index contributed by atoms with van der Waals surface area (Å²) in [6.07, 6.45) is -4.55. The fourth-order valence-electron chi connectivity index (χ4n) is 3.37. The first-order valence-corrected chi connectivity index (χ1v) is 9.19. The summed E-state index contributed by atoms with van der Waals surface area (Å²) in [6.45, 7) is 0.478. The van der Waals surface area contributed by atoms with Gasteiger partial charge in [0, 0.05) is 0 Å². The lowest BCUT2D eigenvalue weighted by Gasteiger charge is -2.24. The van der Waals surface area contributed by atoms with Crippen LogP contribution in [-0.2, 0) is 26.4 Å². The third-order valence-corrected chi connectivity index (χ3v) is 5.01. The maximum atomic E-state index is 11.9. The molecule has 0 saturated carbocycles. The summed E-state index contributed by atoms with van der Waals surface area (Å²) in [4.78, 5) is 26.7. The average Bonchev–Trinajstić information content (AvgIpc) is 3.41.